The van der Waals surface area contributed by atoms with E-state index in [1.165, 1.54) is 0 Å². The average Bonchev–Trinajstić information content (AvgIpc) is 2.30. The lowest BCUT2D eigenvalue weighted by Gasteiger charge is -2.21. The van der Waals surface area contributed by atoms with Gasteiger partial charge >= 0.3 is 5.97 Å². The molecule has 0 saturated heterocycles. The minimum atomic E-state index is -0.872. The van der Waals surface area contributed by atoms with Gasteiger partial charge in [0.2, 0.25) is 0 Å². The van der Waals surface area contributed by atoms with E-state index in [4.69, 9.17) is 5.11 Å². The molecule has 0 radical (unpaired) electrons. The maximum absolute atomic E-state index is 10.7. The van der Waals surface area contributed by atoms with Crippen LogP contribution in [0, 0.1) is 5.92 Å². The van der Waals surface area contributed by atoms with Crippen molar-refractivity contribution in [2.45, 2.75) is 65.4 Å². The predicted molar refractivity (Wildman–Crippen MR) is 69.9 cm³/mol. The van der Waals surface area contributed by atoms with Gasteiger partial charge in [0.05, 0.1) is 6.10 Å². The minimum absolute atomic E-state index is 0.195. The standard InChI is InChI=1S/C14H26O3/c1-4-6-8-13(15)12(7-5-2)10-9-11(3)14(16)17/h9,12-13,15H,4-8,10H2,1-3H3,(H,16,17)/b11-9+. The highest BCUT2D eigenvalue weighted by Gasteiger charge is 2.17. The van der Waals surface area contributed by atoms with Gasteiger partial charge < -0.3 is 10.2 Å². The van der Waals surface area contributed by atoms with Gasteiger partial charge in [-0.05, 0) is 32.1 Å². The molecule has 0 aromatic heterocycles. The van der Waals surface area contributed by atoms with Crippen LogP contribution in [-0.2, 0) is 4.79 Å². The Morgan fingerprint density at radius 3 is 2.35 bits per heavy atom. The van der Waals surface area contributed by atoms with Crippen LogP contribution in [0.25, 0.3) is 0 Å². The summed E-state index contributed by atoms with van der Waals surface area (Å²) in [4.78, 5) is 10.7. The van der Waals surface area contributed by atoms with Gasteiger partial charge in [0.25, 0.3) is 0 Å². The smallest absolute Gasteiger partial charge is 0.330 e. The van der Waals surface area contributed by atoms with E-state index in [1.54, 1.807) is 13.0 Å². The quantitative estimate of drug-likeness (QED) is 0.609. The zero-order valence-electron chi connectivity index (χ0n) is 11.3. The van der Waals surface area contributed by atoms with E-state index < -0.39 is 5.97 Å². The molecule has 0 saturated carbocycles. The Bertz CT molecular complexity index is 246. The number of carboxylic acid groups (broad SMARTS) is 1. The van der Waals surface area contributed by atoms with Crippen LogP contribution in [0.1, 0.15) is 59.3 Å². The van der Waals surface area contributed by atoms with Crippen molar-refractivity contribution < 1.29 is 15.0 Å². The first-order chi connectivity index (χ1) is 8.02. The van der Waals surface area contributed by atoms with Gasteiger partial charge in [0, 0.05) is 5.57 Å². The molecule has 2 atom stereocenters. The number of hydrogen-bond donors (Lipinski definition) is 2. The van der Waals surface area contributed by atoms with Crippen LogP contribution >= 0.6 is 0 Å². The summed E-state index contributed by atoms with van der Waals surface area (Å²) in [6, 6.07) is 0. The summed E-state index contributed by atoms with van der Waals surface area (Å²) in [6.45, 7) is 5.80. The summed E-state index contributed by atoms with van der Waals surface area (Å²) in [5.41, 5.74) is 0.369. The molecule has 0 aliphatic carbocycles. The van der Waals surface area contributed by atoms with Crippen molar-refractivity contribution in [3.63, 3.8) is 0 Å². The van der Waals surface area contributed by atoms with Crippen LogP contribution in [0.2, 0.25) is 0 Å². The highest BCUT2D eigenvalue weighted by atomic mass is 16.4. The van der Waals surface area contributed by atoms with Crippen LogP contribution in [0.3, 0.4) is 0 Å². The molecule has 0 spiro atoms. The summed E-state index contributed by atoms with van der Waals surface area (Å²) < 4.78 is 0. The van der Waals surface area contributed by atoms with Gasteiger partial charge in [-0.25, -0.2) is 4.79 Å². The van der Waals surface area contributed by atoms with E-state index in [9.17, 15) is 9.90 Å². The summed E-state index contributed by atoms with van der Waals surface area (Å²) in [6.07, 6.45) is 7.01. The average molecular weight is 242 g/mol. The third-order valence-corrected chi connectivity index (χ3v) is 3.12. The Balaban J connectivity index is 4.31. The second-order valence-corrected chi connectivity index (χ2v) is 4.69. The highest BCUT2D eigenvalue weighted by Crippen LogP contribution is 2.21. The fourth-order valence-electron chi connectivity index (χ4n) is 1.90. The topological polar surface area (TPSA) is 57.5 Å². The van der Waals surface area contributed by atoms with Gasteiger partial charge in [0.15, 0.2) is 0 Å². The fraction of sp³-hybridized carbons (Fsp3) is 0.786. The molecule has 0 aromatic carbocycles. The Hall–Kier alpha value is -0.830. The van der Waals surface area contributed by atoms with Crippen LogP contribution in [-0.4, -0.2) is 22.3 Å². The van der Waals surface area contributed by atoms with Crippen molar-refractivity contribution in [2.24, 2.45) is 5.92 Å². The van der Waals surface area contributed by atoms with Gasteiger partial charge in [-0.15, -0.1) is 0 Å². The summed E-state index contributed by atoms with van der Waals surface area (Å²) in [5.74, 6) is -0.677. The Labute approximate surface area is 105 Å². The summed E-state index contributed by atoms with van der Waals surface area (Å²) >= 11 is 0. The van der Waals surface area contributed by atoms with E-state index >= 15 is 0 Å². The maximum Gasteiger partial charge on any atom is 0.330 e. The zero-order chi connectivity index (χ0) is 13.3. The monoisotopic (exact) mass is 242 g/mol. The molecule has 0 aliphatic rings. The first-order valence-corrected chi connectivity index (χ1v) is 6.61. The largest absolute Gasteiger partial charge is 0.478 e. The second-order valence-electron chi connectivity index (χ2n) is 4.69. The number of carbonyl (C=O) groups is 1. The van der Waals surface area contributed by atoms with E-state index in [-0.39, 0.29) is 12.0 Å². The van der Waals surface area contributed by atoms with E-state index in [0.29, 0.717) is 12.0 Å². The van der Waals surface area contributed by atoms with Crippen LogP contribution in [0.4, 0.5) is 0 Å². The first-order valence-electron chi connectivity index (χ1n) is 6.61. The molecule has 2 N–H and O–H groups in total. The van der Waals surface area contributed by atoms with Crippen molar-refractivity contribution in [1.82, 2.24) is 0 Å². The number of allylic oxidation sites excluding steroid dienone is 1. The predicted octanol–water partition coefficient (Wildman–Crippen LogP) is 3.37. The lowest BCUT2D eigenvalue weighted by Crippen LogP contribution is -2.20. The lowest BCUT2D eigenvalue weighted by molar-refractivity contribution is -0.132. The molecule has 0 rings (SSSR count). The molecule has 0 heterocycles. The van der Waals surface area contributed by atoms with Gasteiger partial charge in [-0.1, -0.05) is 39.2 Å². The zero-order valence-corrected chi connectivity index (χ0v) is 11.3. The number of rotatable bonds is 9. The molecule has 0 fully saturated rings. The normalized spacial score (nSPS) is 15.6. The molecule has 0 amide bonds. The molecule has 17 heavy (non-hydrogen) atoms. The van der Waals surface area contributed by atoms with Crippen LogP contribution in [0.5, 0.6) is 0 Å². The SMILES string of the molecule is CCCCC(O)C(C/C=C(\C)C(=O)O)CCC. The lowest BCUT2D eigenvalue weighted by atomic mass is 9.90. The van der Waals surface area contributed by atoms with E-state index in [2.05, 4.69) is 13.8 Å². The molecule has 0 aromatic rings. The molecule has 3 nitrogen and oxygen atoms in total. The summed E-state index contributed by atoms with van der Waals surface area (Å²) in [7, 11) is 0. The van der Waals surface area contributed by atoms with Gasteiger partial charge in [-0.3, -0.25) is 0 Å². The fourth-order valence-corrected chi connectivity index (χ4v) is 1.90. The number of aliphatic carboxylic acids is 1. The van der Waals surface area contributed by atoms with Gasteiger partial charge in [-0.2, -0.15) is 0 Å². The highest BCUT2D eigenvalue weighted by molar-refractivity contribution is 5.85. The number of carboxylic acids is 1. The van der Waals surface area contributed by atoms with Crippen molar-refractivity contribution in [3.05, 3.63) is 11.6 Å². The van der Waals surface area contributed by atoms with Crippen molar-refractivity contribution in [2.75, 3.05) is 0 Å². The van der Waals surface area contributed by atoms with Crippen LogP contribution < -0.4 is 0 Å². The van der Waals surface area contributed by atoms with Crippen molar-refractivity contribution in [3.8, 4) is 0 Å². The third kappa shape index (κ3) is 7.16. The maximum atomic E-state index is 10.7. The van der Waals surface area contributed by atoms with Crippen molar-refractivity contribution >= 4 is 5.97 Å². The molecule has 3 heteroatoms. The van der Waals surface area contributed by atoms with E-state index in [1.807, 2.05) is 0 Å². The second kappa shape index (κ2) is 9.23. The van der Waals surface area contributed by atoms with Crippen LogP contribution in [0.15, 0.2) is 11.6 Å². The minimum Gasteiger partial charge on any atom is -0.478 e. The number of unbranched alkanes of at least 4 members (excludes halogenated alkanes) is 1. The number of aliphatic hydroxyl groups is 1. The Morgan fingerprint density at radius 2 is 1.88 bits per heavy atom. The number of aliphatic hydroxyl groups excluding tert-OH is 1. The molecular weight excluding hydrogens is 216 g/mol. The Morgan fingerprint density at radius 1 is 1.24 bits per heavy atom. The van der Waals surface area contributed by atoms with Crippen molar-refractivity contribution in [1.29, 1.82) is 0 Å². The van der Waals surface area contributed by atoms with Gasteiger partial charge in [0.1, 0.15) is 0 Å². The molecule has 0 bridgehead atoms. The Kier molecular flexibility index (Phi) is 8.78. The molecular formula is C14H26O3. The first kappa shape index (κ1) is 16.2. The number of hydrogen-bond acceptors (Lipinski definition) is 2. The molecule has 0 aliphatic heterocycles. The third-order valence-electron chi connectivity index (χ3n) is 3.12. The molecule has 2 unspecified atom stereocenters. The molecule has 100 valence electrons. The van der Waals surface area contributed by atoms with E-state index in [0.717, 1.165) is 32.1 Å². The summed E-state index contributed by atoms with van der Waals surface area (Å²) in [5, 5.41) is 18.8.